The molecule has 0 unspecified atom stereocenters. The highest BCUT2D eigenvalue weighted by molar-refractivity contribution is 7.09. The molecule has 1 N–H and O–H groups in total. The lowest BCUT2D eigenvalue weighted by atomic mass is 10.2. The minimum absolute atomic E-state index is 0.908. The van der Waals surface area contributed by atoms with E-state index in [2.05, 4.69) is 57.8 Å². The molecule has 0 saturated heterocycles. The molecule has 0 radical (unpaired) electrons. The minimum Gasteiger partial charge on any atom is -0.350 e. The molecule has 0 bridgehead atoms. The number of benzene rings is 1. The lowest BCUT2D eigenvalue weighted by molar-refractivity contribution is 0.685. The standard InChI is InChI=1S/C16H19N3S/c1-12-11-20-16(18-12)7-8-17-9-13-10-19(2)15-6-4-3-5-14(13)15/h3-6,10-11,17H,7-9H2,1-2H3. The fourth-order valence-electron chi connectivity index (χ4n) is 2.50. The van der Waals surface area contributed by atoms with E-state index in [1.807, 2.05) is 6.92 Å². The third-order valence-corrected chi connectivity index (χ3v) is 4.50. The van der Waals surface area contributed by atoms with Crippen molar-refractivity contribution >= 4 is 22.2 Å². The number of aryl methyl sites for hydroxylation is 2. The van der Waals surface area contributed by atoms with Gasteiger partial charge in [-0.2, -0.15) is 0 Å². The molecule has 0 aliphatic heterocycles. The summed E-state index contributed by atoms with van der Waals surface area (Å²) >= 11 is 1.75. The molecule has 3 nitrogen and oxygen atoms in total. The molecule has 0 aliphatic rings. The predicted molar refractivity (Wildman–Crippen MR) is 85.2 cm³/mol. The first-order chi connectivity index (χ1) is 9.74. The number of hydrogen-bond donors (Lipinski definition) is 1. The molecule has 104 valence electrons. The normalized spacial score (nSPS) is 11.3. The third kappa shape index (κ3) is 2.76. The van der Waals surface area contributed by atoms with E-state index in [1.54, 1.807) is 11.3 Å². The topological polar surface area (TPSA) is 29.9 Å². The van der Waals surface area contributed by atoms with E-state index in [9.17, 15) is 0 Å². The van der Waals surface area contributed by atoms with Crippen LogP contribution in [0.25, 0.3) is 10.9 Å². The largest absolute Gasteiger partial charge is 0.350 e. The Morgan fingerprint density at radius 3 is 2.95 bits per heavy atom. The van der Waals surface area contributed by atoms with Crippen LogP contribution in [0.5, 0.6) is 0 Å². The second-order valence-corrected chi connectivity index (χ2v) is 6.03. The predicted octanol–water partition coefficient (Wildman–Crippen LogP) is 3.28. The van der Waals surface area contributed by atoms with Crippen molar-refractivity contribution in [2.75, 3.05) is 6.54 Å². The molecule has 0 amide bonds. The molecule has 0 fully saturated rings. The number of nitrogens with zero attached hydrogens (tertiary/aromatic N) is 2. The van der Waals surface area contributed by atoms with Crippen LogP contribution in [0.1, 0.15) is 16.3 Å². The Bertz CT molecular complexity index is 711. The van der Waals surface area contributed by atoms with Gasteiger partial charge in [-0.15, -0.1) is 11.3 Å². The summed E-state index contributed by atoms with van der Waals surface area (Å²) in [5.41, 5.74) is 3.78. The fraction of sp³-hybridized carbons (Fsp3) is 0.312. The summed E-state index contributed by atoms with van der Waals surface area (Å²) in [5.74, 6) is 0. The van der Waals surface area contributed by atoms with Gasteiger partial charge in [0.15, 0.2) is 0 Å². The Balaban J connectivity index is 1.60. The molecule has 4 heteroatoms. The molecule has 20 heavy (non-hydrogen) atoms. The van der Waals surface area contributed by atoms with Crippen molar-refractivity contribution in [3.8, 4) is 0 Å². The Kier molecular flexibility index (Phi) is 3.85. The molecule has 0 aliphatic carbocycles. The number of fused-ring (bicyclic) bond motifs is 1. The van der Waals surface area contributed by atoms with Crippen LogP contribution in [0.15, 0.2) is 35.8 Å². The molecule has 2 heterocycles. The number of nitrogens with one attached hydrogen (secondary N) is 1. The average Bonchev–Trinajstić information content (AvgIpc) is 3.00. The molecule has 2 aromatic heterocycles. The molecule has 0 saturated carbocycles. The van der Waals surface area contributed by atoms with Crippen LogP contribution in [0.2, 0.25) is 0 Å². The smallest absolute Gasteiger partial charge is 0.0940 e. The average molecular weight is 285 g/mol. The van der Waals surface area contributed by atoms with E-state index < -0.39 is 0 Å². The Hall–Kier alpha value is -1.65. The maximum absolute atomic E-state index is 4.48. The van der Waals surface area contributed by atoms with Crippen molar-refractivity contribution in [1.29, 1.82) is 0 Å². The van der Waals surface area contributed by atoms with Crippen LogP contribution >= 0.6 is 11.3 Å². The van der Waals surface area contributed by atoms with Gasteiger partial charge in [0.1, 0.15) is 0 Å². The summed E-state index contributed by atoms with van der Waals surface area (Å²) in [6, 6.07) is 8.54. The van der Waals surface area contributed by atoms with E-state index >= 15 is 0 Å². The van der Waals surface area contributed by atoms with Gasteiger partial charge in [0.2, 0.25) is 0 Å². The highest BCUT2D eigenvalue weighted by atomic mass is 32.1. The first kappa shape index (κ1) is 13.3. The van der Waals surface area contributed by atoms with Crippen LogP contribution in [0, 0.1) is 6.92 Å². The summed E-state index contributed by atoms with van der Waals surface area (Å²) in [7, 11) is 2.10. The Labute approximate surface area is 123 Å². The highest BCUT2D eigenvalue weighted by Gasteiger charge is 2.05. The summed E-state index contributed by atoms with van der Waals surface area (Å²) in [5, 5.41) is 8.19. The van der Waals surface area contributed by atoms with Gasteiger partial charge >= 0.3 is 0 Å². The quantitative estimate of drug-likeness (QED) is 0.729. The van der Waals surface area contributed by atoms with Gasteiger partial charge in [0.05, 0.1) is 5.01 Å². The zero-order valence-corrected chi connectivity index (χ0v) is 12.7. The van der Waals surface area contributed by atoms with Crippen molar-refractivity contribution in [2.45, 2.75) is 19.9 Å². The summed E-state index contributed by atoms with van der Waals surface area (Å²) < 4.78 is 2.19. The van der Waals surface area contributed by atoms with E-state index in [0.29, 0.717) is 0 Å². The van der Waals surface area contributed by atoms with Crippen molar-refractivity contribution in [3.05, 3.63) is 52.1 Å². The van der Waals surface area contributed by atoms with Crippen molar-refractivity contribution in [1.82, 2.24) is 14.9 Å². The van der Waals surface area contributed by atoms with Crippen LogP contribution in [-0.4, -0.2) is 16.1 Å². The number of aromatic nitrogens is 2. The van der Waals surface area contributed by atoms with Gasteiger partial charge in [-0.1, -0.05) is 18.2 Å². The van der Waals surface area contributed by atoms with Crippen LogP contribution < -0.4 is 5.32 Å². The zero-order chi connectivity index (χ0) is 13.9. The van der Waals surface area contributed by atoms with Crippen LogP contribution in [0.4, 0.5) is 0 Å². The van der Waals surface area contributed by atoms with Crippen molar-refractivity contribution in [3.63, 3.8) is 0 Å². The second kappa shape index (κ2) is 5.77. The van der Waals surface area contributed by atoms with Gasteiger partial charge in [-0.3, -0.25) is 0 Å². The lowest BCUT2D eigenvalue weighted by Gasteiger charge is -2.02. The summed E-state index contributed by atoms with van der Waals surface area (Å²) in [4.78, 5) is 4.48. The third-order valence-electron chi connectivity index (χ3n) is 3.48. The first-order valence-corrected chi connectivity index (χ1v) is 7.76. The SMILES string of the molecule is Cc1csc(CCNCc2cn(C)c3ccccc23)n1. The number of para-hydroxylation sites is 1. The molecular formula is C16H19N3S. The number of thiazole rings is 1. The maximum Gasteiger partial charge on any atom is 0.0940 e. The van der Waals surface area contributed by atoms with E-state index in [0.717, 1.165) is 25.2 Å². The van der Waals surface area contributed by atoms with Gasteiger partial charge in [0, 0.05) is 54.7 Å². The number of hydrogen-bond acceptors (Lipinski definition) is 3. The molecular weight excluding hydrogens is 266 g/mol. The molecule has 3 aromatic rings. The van der Waals surface area contributed by atoms with Gasteiger partial charge in [-0.25, -0.2) is 4.98 Å². The van der Waals surface area contributed by atoms with Crippen LogP contribution in [-0.2, 0) is 20.0 Å². The maximum atomic E-state index is 4.48. The highest BCUT2D eigenvalue weighted by Crippen LogP contribution is 2.19. The summed E-state index contributed by atoms with van der Waals surface area (Å²) in [6.07, 6.45) is 3.22. The van der Waals surface area contributed by atoms with Gasteiger partial charge in [-0.05, 0) is 18.6 Å². The molecule has 0 atom stereocenters. The van der Waals surface area contributed by atoms with E-state index in [1.165, 1.54) is 21.5 Å². The number of rotatable bonds is 5. The molecule has 3 rings (SSSR count). The molecule has 1 aromatic carbocycles. The zero-order valence-electron chi connectivity index (χ0n) is 11.9. The van der Waals surface area contributed by atoms with Crippen molar-refractivity contribution < 1.29 is 0 Å². The monoisotopic (exact) mass is 285 g/mol. The van der Waals surface area contributed by atoms with Crippen LogP contribution in [0.3, 0.4) is 0 Å². The Morgan fingerprint density at radius 1 is 1.30 bits per heavy atom. The van der Waals surface area contributed by atoms with Gasteiger partial charge in [0.25, 0.3) is 0 Å². The van der Waals surface area contributed by atoms with Crippen molar-refractivity contribution in [2.24, 2.45) is 7.05 Å². The lowest BCUT2D eigenvalue weighted by Crippen LogP contribution is -2.16. The van der Waals surface area contributed by atoms with Gasteiger partial charge < -0.3 is 9.88 Å². The fourth-order valence-corrected chi connectivity index (χ4v) is 3.28. The molecule has 0 spiro atoms. The van der Waals surface area contributed by atoms with E-state index in [4.69, 9.17) is 0 Å². The second-order valence-electron chi connectivity index (χ2n) is 5.09. The Morgan fingerprint density at radius 2 is 2.15 bits per heavy atom. The summed E-state index contributed by atoms with van der Waals surface area (Å²) in [6.45, 7) is 3.92. The van der Waals surface area contributed by atoms with E-state index in [-0.39, 0.29) is 0 Å². The minimum atomic E-state index is 0.908. The first-order valence-electron chi connectivity index (χ1n) is 6.88.